The van der Waals surface area contributed by atoms with E-state index in [9.17, 15) is 29.7 Å². The van der Waals surface area contributed by atoms with Gasteiger partial charge in [-0.1, -0.05) is 48.0 Å². The summed E-state index contributed by atoms with van der Waals surface area (Å²) in [6.07, 6.45) is 0. The van der Waals surface area contributed by atoms with E-state index in [1.807, 2.05) is 9.80 Å². The summed E-state index contributed by atoms with van der Waals surface area (Å²) in [6, 6.07) is 17.8. The van der Waals surface area contributed by atoms with Crippen LogP contribution in [0.2, 0.25) is 0 Å². The van der Waals surface area contributed by atoms with E-state index in [2.05, 4.69) is 72.0 Å². The fraction of sp³-hybridized carbons (Fsp3) is 0.429. The first-order valence-electron chi connectivity index (χ1n) is 15.7. The fourth-order valence-electron chi connectivity index (χ4n) is 6.18. The molecular formula is C35H45N5O6. The number of nitrogens with zero attached hydrogens (tertiary/aromatic N) is 5. The van der Waals surface area contributed by atoms with E-state index in [0.29, 0.717) is 71.1 Å². The Morgan fingerprint density at radius 1 is 0.652 bits per heavy atom. The number of rotatable bonds is 10. The molecule has 0 saturated carbocycles. The van der Waals surface area contributed by atoms with Crippen LogP contribution in [0.4, 0.5) is 0 Å². The van der Waals surface area contributed by atoms with Gasteiger partial charge in [0.2, 0.25) is 0 Å². The summed E-state index contributed by atoms with van der Waals surface area (Å²) in [4.78, 5) is 47.4. The molecule has 3 aromatic rings. The first-order chi connectivity index (χ1) is 22.0. The molecule has 11 heteroatoms. The third-order valence-corrected chi connectivity index (χ3v) is 8.38. The third kappa shape index (κ3) is 10.4. The van der Waals surface area contributed by atoms with E-state index >= 15 is 0 Å². The van der Waals surface area contributed by atoms with Gasteiger partial charge in [-0.2, -0.15) is 0 Å². The van der Waals surface area contributed by atoms with Crippen LogP contribution >= 0.6 is 0 Å². The van der Waals surface area contributed by atoms with Gasteiger partial charge in [0.05, 0.1) is 18.8 Å². The van der Waals surface area contributed by atoms with Gasteiger partial charge in [0.25, 0.3) is 0 Å². The molecule has 1 saturated heterocycles. The second-order valence-corrected chi connectivity index (χ2v) is 12.2. The van der Waals surface area contributed by atoms with Crippen LogP contribution in [0.1, 0.15) is 38.4 Å². The first kappa shape index (κ1) is 34.7. The zero-order chi connectivity index (χ0) is 33.2. The molecule has 0 radical (unpaired) electrons. The number of pyridine rings is 1. The number of hydrogen-bond donors (Lipinski definition) is 3. The summed E-state index contributed by atoms with van der Waals surface area (Å²) in [5, 5.41) is 28.6. The van der Waals surface area contributed by atoms with Gasteiger partial charge in [-0.15, -0.1) is 0 Å². The second-order valence-electron chi connectivity index (χ2n) is 12.2. The number of carbonyl (C=O) groups is 3. The van der Waals surface area contributed by atoms with Crippen LogP contribution in [0.15, 0.2) is 54.6 Å². The number of aryl methyl sites for hydroxylation is 3. The maximum atomic E-state index is 11.8. The topological polar surface area (TPSA) is 138 Å². The number of aromatic nitrogens is 1. The minimum Gasteiger partial charge on any atom is -0.480 e. The van der Waals surface area contributed by atoms with E-state index in [0.717, 1.165) is 5.56 Å². The molecule has 2 heterocycles. The highest BCUT2D eigenvalue weighted by atomic mass is 16.4. The highest BCUT2D eigenvalue weighted by Crippen LogP contribution is 2.28. The van der Waals surface area contributed by atoms with Crippen molar-refractivity contribution in [2.45, 2.75) is 33.9 Å². The molecule has 4 rings (SSSR count). The highest BCUT2D eigenvalue weighted by molar-refractivity contribution is 5.85. The molecule has 1 fully saturated rings. The molecule has 46 heavy (non-hydrogen) atoms. The van der Waals surface area contributed by atoms with Gasteiger partial charge >= 0.3 is 17.9 Å². The van der Waals surface area contributed by atoms with Gasteiger partial charge in [0.15, 0.2) is 0 Å². The summed E-state index contributed by atoms with van der Waals surface area (Å²) in [6.45, 7) is 11.5. The SMILES string of the molecule is Cc1cc(C)c(-c2ccc(CN3CCN(CC(=O)O)CCN(Cc4cccc(C(=O)O)n4)CCN(CC(=O)O)CC3)cc2)c(C)c1. The van der Waals surface area contributed by atoms with Gasteiger partial charge in [-0.3, -0.25) is 29.2 Å². The summed E-state index contributed by atoms with van der Waals surface area (Å²) >= 11 is 0. The Labute approximate surface area is 270 Å². The van der Waals surface area contributed by atoms with Crippen molar-refractivity contribution in [2.24, 2.45) is 0 Å². The zero-order valence-electron chi connectivity index (χ0n) is 27.0. The van der Waals surface area contributed by atoms with Gasteiger partial charge in [0.1, 0.15) is 5.69 Å². The Morgan fingerprint density at radius 2 is 1.13 bits per heavy atom. The Bertz CT molecular complexity index is 1460. The Hall–Kier alpha value is -4.16. The Morgan fingerprint density at radius 3 is 1.61 bits per heavy atom. The second kappa shape index (κ2) is 16.4. The lowest BCUT2D eigenvalue weighted by molar-refractivity contribution is -0.139. The van der Waals surface area contributed by atoms with E-state index < -0.39 is 17.9 Å². The van der Waals surface area contributed by atoms with Gasteiger partial charge < -0.3 is 15.3 Å². The van der Waals surface area contributed by atoms with E-state index in [1.54, 1.807) is 12.1 Å². The molecule has 2 aromatic carbocycles. The van der Waals surface area contributed by atoms with Crippen molar-refractivity contribution in [3.63, 3.8) is 0 Å². The summed E-state index contributed by atoms with van der Waals surface area (Å²) in [7, 11) is 0. The maximum Gasteiger partial charge on any atom is 0.354 e. The predicted molar refractivity (Wildman–Crippen MR) is 176 cm³/mol. The van der Waals surface area contributed by atoms with Crippen LogP contribution < -0.4 is 0 Å². The quantitative estimate of drug-likeness (QED) is 0.303. The van der Waals surface area contributed by atoms with E-state index in [-0.39, 0.29) is 18.8 Å². The largest absolute Gasteiger partial charge is 0.480 e. The van der Waals surface area contributed by atoms with Crippen LogP contribution in [-0.4, -0.2) is 123 Å². The molecule has 246 valence electrons. The van der Waals surface area contributed by atoms with Crippen molar-refractivity contribution >= 4 is 17.9 Å². The van der Waals surface area contributed by atoms with Crippen molar-refractivity contribution in [1.82, 2.24) is 24.6 Å². The lowest BCUT2D eigenvalue weighted by atomic mass is 9.93. The zero-order valence-corrected chi connectivity index (χ0v) is 27.0. The van der Waals surface area contributed by atoms with Crippen LogP contribution in [0, 0.1) is 20.8 Å². The first-order valence-corrected chi connectivity index (χ1v) is 15.7. The molecule has 1 aliphatic rings. The van der Waals surface area contributed by atoms with Crippen molar-refractivity contribution in [1.29, 1.82) is 0 Å². The minimum absolute atomic E-state index is 0.0398. The van der Waals surface area contributed by atoms with E-state index in [1.165, 1.54) is 33.9 Å². The number of benzene rings is 2. The lowest BCUT2D eigenvalue weighted by Crippen LogP contribution is -2.47. The molecule has 1 aromatic heterocycles. The molecule has 0 atom stereocenters. The lowest BCUT2D eigenvalue weighted by Gasteiger charge is -2.33. The standard InChI is InChI=1S/C35H45N5O6/c1-25-19-26(2)34(27(3)20-25)29-9-7-28(8-10-29)21-37-11-15-39(23-32(41)42)17-13-38(14-18-40(16-12-37)24-33(43)44)22-30-5-4-6-31(36-30)35(45)46/h4-10,19-20H,11-18,21-24H2,1-3H3,(H,41,42)(H,43,44)(H,45,46). The normalized spacial score (nSPS) is 16.4. The van der Waals surface area contributed by atoms with Crippen LogP contribution in [0.5, 0.6) is 0 Å². The molecular weight excluding hydrogens is 586 g/mol. The summed E-state index contributed by atoms with van der Waals surface area (Å²) < 4.78 is 0. The molecule has 11 nitrogen and oxygen atoms in total. The average molecular weight is 632 g/mol. The van der Waals surface area contributed by atoms with Crippen molar-refractivity contribution in [3.05, 3.63) is 88.2 Å². The number of carboxylic acids is 3. The molecule has 3 N–H and O–H groups in total. The summed E-state index contributed by atoms with van der Waals surface area (Å²) in [5.41, 5.74) is 7.83. The smallest absolute Gasteiger partial charge is 0.354 e. The van der Waals surface area contributed by atoms with Crippen molar-refractivity contribution < 1.29 is 29.7 Å². The molecule has 0 aliphatic carbocycles. The predicted octanol–water partition coefficient (Wildman–Crippen LogP) is 3.46. The molecule has 0 bridgehead atoms. The molecule has 1 aliphatic heterocycles. The van der Waals surface area contributed by atoms with Gasteiger partial charge in [-0.25, -0.2) is 9.78 Å². The van der Waals surface area contributed by atoms with Crippen LogP contribution in [-0.2, 0) is 22.7 Å². The summed E-state index contributed by atoms with van der Waals surface area (Å²) in [5.74, 6) is -2.90. The Kier molecular flexibility index (Phi) is 12.4. The molecule has 0 spiro atoms. The van der Waals surface area contributed by atoms with Gasteiger partial charge in [0, 0.05) is 65.4 Å². The number of hydrogen-bond acceptors (Lipinski definition) is 8. The maximum absolute atomic E-state index is 11.8. The number of aromatic carboxylic acids is 1. The van der Waals surface area contributed by atoms with Gasteiger partial charge in [-0.05, 0) is 60.7 Å². The fourth-order valence-corrected chi connectivity index (χ4v) is 6.18. The Balaban J connectivity index is 1.50. The average Bonchev–Trinajstić information content (AvgIpc) is 2.98. The molecule has 0 amide bonds. The van der Waals surface area contributed by atoms with E-state index in [4.69, 9.17) is 0 Å². The number of aliphatic carboxylic acids is 2. The third-order valence-electron chi connectivity index (χ3n) is 8.38. The monoisotopic (exact) mass is 631 g/mol. The van der Waals surface area contributed by atoms with Crippen LogP contribution in [0.3, 0.4) is 0 Å². The van der Waals surface area contributed by atoms with Crippen molar-refractivity contribution in [2.75, 3.05) is 65.4 Å². The molecule has 0 unspecified atom stereocenters. The number of carboxylic acid groups (broad SMARTS) is 3. The highest BCUT2D eigenvalue weighted by Gasteiger charge is 2.20. The minimum atomic E-state index is -1.10. The van der Waals surface area contributed by atoms with Crippen molar-refractivity contribution in [3.8, 4) is 11.1 Å². The van der Waals surface area contributed by atoms with Crippen LogP contribution in [0.25, 0.3) is 11.1 Å².